The molecule has 3 heteroatoms. The first-order chi connectivity index (χ1) is 5.04. The highest BCUT2D eigenvalue weighted by Crippen LogP contribution is 2.03. The fourth-order valence-electron chi connectivity index (χ4n) is 0.626. The Morgan fingerprint density at radius 3 is 2.09 bits per heavy atom. The summed E-state index contributed by atoms with van der Waals surface area (Å²) in [6.07, 6.45) is 0. The molecule has 0 aromatic heterocycles. The molecule has 0 spiro atoms. The van der Waals surface area contributed by atoms with Crippen LogP contribution in [0.1, 0.15) is 13.8 Å². The Kier molecular flexibility index (Phi) is 6.01. The molecule has 68 valence electrons. The van der Waals surface area contributed by atoms with Gasteiger partial charge in [-0.3, -0.25) is 4.31 Å². The molecule has 0 atom stereocenters. The maximum Gasteiger partial charge on any atom is 0.0208 e. The molecule has 0 saturated heterocycles. The molecular formula is C8H20N2S. The summed E-state index contributed by atoms with van der Waals surface area (Å²) in [4.78, 5) is 2.36. The summed E-state index contributed by atoms with van der Waals surface area (Å²) in [5.74, 6) is 1.18. The van der Waals surface area contributed by atoms with E-state index in [1.54, 1.807) is 0 Å². The lowest BCUT2D eigenvalue weighted by atomic mass is 10.3. The Morgan fingerprint density at radius 2 is 1.73 bits per heavy atom. The van der Waals surface area contributed by atoms with E-state index in [-0.39, 0.29) is 0 Å². The van der Waals surface area contributed by atoms with Crippen LogP contribution in [-0.2, 0) is 0 Å². The van der Waals surface area contributed by atoms with Gasteiger partial charge in [0, 0.05) is 18.3 Å². The summed E-state index contributed by atoms with van der Waals surface area (Å²) in [6, 6.07) is 0.665. The lowest BCUT2D eigenvalue weighted by Gasteiger charge is -2.21. The molecule has 0 N–H and O–H groups in total. The van der Waals surface area contributed by atoms with Gasteiger partial charge in [-0.05, 0) is 35.0 Å². The molecular weight excluding hydrogens is 156 g/mol. The first-order valence-electron chi connectivity index (χ1n) is 4.04. The Balaban J connectivity index is 3.24. The molecule has 2 nitrogen and oxygen atoms in total. The van der Waals surface area contributed by atoms with Crippen LogP contribution in [0.4, 0.5) is 0 Å². The average Bonchev–Trinajstić information content (AvgIpc) is 1.86. The zero-order chi connectivity index (χ0) is 8.85. The van der Waals surface area contributed by atoms with Crippen LogP contribution in [0.3, 0.4) is 0 Å². The molecule has 0 saturated carbocycles. The third-order valence-corrected chi connectivity index (χ3v) is 2.56. The first kappa shape index (κ1) is 11.3. The van der Waals surface area contributed by atoms with Gasteiger partial charge in [-0.25, -0.2) is 0 Å². The highest BCUT2D eigenvalue weighted by Gasteiger charge is 2.01. The molecule has 0 amide bonds. The number of hydrogen-bond donors (Lipinski definition) is 0. The van der Waals surface area contributed by atoms with E-state index in [9.17, 15) is 0 Å². The Morgan fingerprint density at radius 1 is 1.18 bits per heavy atom. The van der Waals surface area contributed by atoms with Crippen LogP contribution in [0.15, 0.2) is 0 Å². The summed E-state index contributed by atoms with van der Waals surface area (Å²) in [5, 5.41) is 0. The number of nitrogens with zero attached hydrogens (tertiary/aromatic N) is 2. The van der Waals surface area contributed by atoms with Gasteiger partial charge in [0.05, 0.1) is 0 Å². The van der Waals surface area contributed by atoms with E-state index in [0.29, 0.717) is 6.04 Å². The molecule has 0 rings (SSSR count). The summed E-state index contributed by atoms with van der Waals surface area (Å²) >= 11 is 1.87. The second-order valence-electron chi connectivity index (χ2n) is 3.22. The molecule has 0 aromatic rings. The van der Waals surface area contributed by atoms with Gasteiger partial charge in [-0.15, -0.1) is 0 Å². The fraction of sp³-hybridized carbons (Fsp3) is 1.00. The van der Waals surface area contributed by atoms with Crippen molar-refractivity contribution in [2.75, 3.05) is 33.4 Å². The number of hydrogen-bond acceptors (Lipinski definition) is 3. The second kappa shape index (κ2) is 5.86. The van der Waals surface area contributed by atoms with Crippen molar-refractivity contribution >= 4 is 11.9 Å². The highest BCUT2D eigenvalue weighted by molar-refractivity contribution is 7.96. The van der Waals surface area contributed by atoms with Crippen LogP contribution in [0.5, 0.6) is 0 Å². The molecule has 0 aliphatic carbocycles. The molecule has 0 unspecified atom stereocenters. The van der Waals surface area contributed by atoms with Crippen molar-refractivity contribution in [2.45, 2.75) is 19.9 Å². The lowest BCUT2D eigenvalue weighted by Crippen LogP contribution is -2.28. The van der Waals surface area contributed by atoms with Gasteiger partial charge in [-0.1, -0.05) is 11.9 Å². The minimum absolute atomic E-state index is 0.665. The van der Waals surface area contributed by atoms with Crippen molar-refractivity contribution in [3.05, 3.63) is 0 Å². The topological polar surface area (TPSA) is 6.48 Å². The van der Waals surface area contributed by atoms with Crippen LogP contribution in [0, 0.1) is 0 Å². The Hall–Kier alpha value is 0.270. The maximum atomic E-state index is 2.36. The van der Waals surface area contributed by atoms with E-state index in [1.807, 2.05) is 11.9 Å². The minimum atomic E-state index is 0.665. The van der Waals surface area contributed by atoms with E-state index in [1.165, 1.54) is 12.3 Å². The van der Waals surface area contributed by atoms with E-state index < -0.39 is 0 Å². The van der Waals surface area contributed by atoms with Gasteiger partial charge in [0.1, 0.15) is 0 Å². The van der Waals surface area contributed by atoms with Crippen molar-refractivity contribution in [2.24, 2.45) is 0 Å². The van der Waals surface area contributed by atoms with Crippen LogP contribution < -0.4 is 0 Å². The Labute approximate surface area is 75.1 Å². The van der Waals surface area contributed by atoms with Gasteiger partial charge in [0.15, 0.2) is 0 Å². The molecule has 11 heavy (non-hydrogen) atoms. The number of rotatable bonds is 5. The molecule has 0 aromatic carbocycles. The quantitative estimate of drug-likeness (QED) is 0.587. The summed E-state index contributed by atoms with van der Waals surface area (Å²) in [5.41, 5.74) is 0. The van der Waals surface area contributed by atoms with Gasteiger partial charge < -0.3 is 4.90 Å². The average molecular weight is 176 g/mol. The monoisotopic (exact) mass is 176 g/mol. The van der Waals surface area contributed by atoms with Crippen LogP contribution in [-0.4, -0.2) is 48.7 Å². The third-order valence-electron chi connectivity index (χ3n) is 1.68. The summed E-state index contributed by atoms with van der Waals surface area (Å²) in [7, 11) is 6.33. The first-order valence-corrected chi connectivity index (χ1v) is 4.98. The Bertz CT molecular complexity index is 94.1. The van der Waals surface area contributed by atoms with Crippen LogP contribution >= 0.6 is 11.9 Å². The van der Waals surface area contributed by atoms with Crippen molar-refractivity contribution < 1.29 is 0 Å². The van der Waals surface area contributed by atoms with Gasteiger partial charge in [0.2, 0.25) is 0 Å². The normalized spacial score (nSPS) is 12.0. The van der Waals surface area contributed by atoms with E-state index in [0.717, 1.165) is 0 Å². The summed E-state index contributed by atoms with van der Waals surface area (Å²) in [6.45, 7) is 5.61. The second-order valence-corrected chi connectivity index (χ2v) is 4.62. The lowest BCUT2D eigenvalue weighted by molar-refractivity contribution is 0.291. The van der Waals surface area contributed by atoms with Crippen LogP contribution in [0.25, 0.3) is 0 Å². The standard InChI is InChI=1S/C8H20N2S/c1-8(2)10(5)6-7-11-9(3)4/h8H,6-7H2,1-5H3. The maximum absolute atomic E-state index is 2.36. The van der Waals surface area contributed by atoms with Crippen molar-refractivity contribution in [1.29, 1.82) is 0 Å². The van der Waals surface area contributed by atoms with Crippen LogP contribution in [0.2, 0.25) is 0 Å². The molecule has 0 radical (unpaired) electrons. The van der Waals surface area contributed by atoms with Crippen molar-refractivity contribution in [1.82, 2.24) is 9.21 Å². The van der Waals surface area contributed by atoms with Gasteiger partial charge >= 0.3 is 0 Å². The largest absolute Gasteiger partial charge is 0.303 e. The van der Waals surface area contributed by atoms with E-state index in [4.69, 9.17) is 0 Å². The molecule has 0 aliphatic heterocycles. The predicted octanol–water partition coefficient (Wildman–Crippen LogP) is 1.54. The third kappa shape index (κ3) is 6.66. The molecule has 0 heterocycles. The molecule has 0 bridgehead atoms. The highest BCUT2D eigenvalue weighted by atomic mass is 32.2. The van der Waals surface area contributed by atoms with Crippen molar-refractivity contribution in [3.63, 3.8) is 0 Å². The fourth-order valence-corrected chi connectivity index (χ4v) is 1.36. The van der Waals surface area contributed by atoms with Crippen molar-refractivity contribution in [3.8, 4) is 0 Å². The van der Waals surface area contributed by atoms with Gasteiger partial charge in [-0.2, -0.15) is 0 Å². The zero-order valence-electron chi connectivity index (χ0n) is 8.29. The SMILES string of the molecule is CC(C)N(C)CCSN(C)C. The van der Waals surface area contributed by atoms with E-state index in [2.05, 4.69) is 44.2 Å². The summed E-state index contributed by atoms with van der Waals surface area (Å²) < 4.78 is 2.15. The van der Waals surface area contributed by atoms with Gasteiger partial charge in [0.25, 0.3) is 0 Å². The van der Waals surface area contributed by atoms with E-state index >= 15 is 0 Å². The minimum Gasteiger partial charge on any atom is -0.303 e. The molecule has 0 aliphatic rings. The zero-order valence-corrected chi connectivity index (χ0v) is 9.11. The predicted molar refractivity (Wildman–Crippen MR) is 53.9 cm³/mol. The smallest absolute Gasteiger partial charge is 0.0208 e. The molecule has 0 fully saturated rings.